The third-order valence-corrected chi connectivity index (χ3v) is 5.52. The van der Waals surface area contributed by atoms with E-state index < -0.39 is 0 Å². The van der Waals surface area contributed by atoms with Gasteiger partial charge in [-0.25, -0.2) is 4.98 Å². The van der Waals surface area contributed by atoms with Gasteiger partial charge in [0.2, 0.25) is 0 Å². The second-order valence-corrected chi connectivity index (χ2v) is 7.61. The zero-order chi connectivity index (χ0) is 21.6. The number of benzene rings is 2. The van der Waals surface area contributed by atoms with E-state index in [2.05, 4.69) is 20.7 Å². The Balaban J connectivity index is 1.72. The topological polar surface area (TPSA) is 95.2 Å². The molecule has 0 aliphatic heterocycles. The first-order chi connectivity index (χ1) is 14.3. The van der Waals surface area contributed by atoms with Gasteiger partial charge in [0.15, 0.2) is 5.82 Å². The third-order valence-electron chi connectivity index (χ3n) is 5.52. The standard InChI is InChI=1S/C23H25N5O2/c1-12-6-8-18(29)14(3)21(12)25-20-10-17-16(11-24-20)23(27-28(17)5)26-22-13(2)7-9-19(30)15(22)4/h6-11,29-30H,1-5H3,(H,24,25)(H,26,27). The van der Waals surface area contributed by atoms with Crippen molar-refractivity contribution < 1.29 is 10.2 Å². The Morgan fingerprint density at radius 1 is 0.833 bits per heavy atom. The molecule has 0 radical (unpaired) electrons. The average molecular weight is 403 g/mol. The minimum Gasteiger partial charge on any atom is -0.508 e. The first kappa shape index (κ1) is 19.6. The van der Waals surface area contributed by atoms with Crippen LogP contribution in [-0.4, -0.2) is 25.0 Å². The summed E-state index contributed by atoms with van der Waals surface area (Å²) in [7, 11) is 1.88. The lowest BCUT2D eigenvalue weighted by Crippen LogP contribution is -1.99. The van der Waals surface area contributed by atoms with E-state index in [-0.39, 0.29) is 11.5 Å². The molecule has 0 saturated heterocycles. The number of anilines is 4. The molecule has 154 valence electrons. The van der Waals surface area contributed by atoms with Crippen LogP contribution in [0.25, 0.3) is 10.9 Å². The molecule has 7 heteroatoms. The second-order valence-electron chi connectivity index (χ2n) is 7.61. The van der Waals surface area contributed by atoms with Gasteiger partial charge in [-0.1, -0.05) is 12.1 Å². The Morgan fingerprint density at radius 2 is 1.40 bits per heavy atom. The summed E-state index contributed by atoms with van der Waals surface area (Å²) in [6.07, 6.45) is 1.77. The highest BCUT2D eigenvalue weighted by atomic mass is 16.3. The Bertz CT molecular complexity index is 1280. The number of nitrogens with one attached hydrogen (secondary N) is 2. The van der Waals surface area contributed by atoms with Crippen molar-refractivity contribution in [3.05, 3.63) is 58.8 Å². The van der Waals surface area contributed by atoms with Crippen molar-refractivity contribution in [2.45, 2.75) is 27.7 Å². The van der Waals surface area contributed by atoms with Gasteiger partial charge in [-0.2, -0.15) is 5.10 Å². The number of hydrogen-bond donors (Lipinski definition) is 4. The van der Waals surface area contributed by atoms with E-state index in [0.29, 0.717) is 11.6 Å². The van der Waals surface area contributed by atoms with Crippen molar-refractivity contribution in [3.63, 3.8) is 0 Å². The molecule has 30 heavy (non-hydrogen) atoms. The predicted octanol–water partition coefficient (Wildman–Crippen LogP) is 5.10. The SMILES string of the molecule is Cc1ccc(O)c(C)c1Nc1cc2c(cn1)c(Nc1c(C)ccc(O)c1C)nn2C. The van der Waals surface area contributed by atoms with Gasteiger partial charge >= 0.3 is 0 Å². The van der Waals surface area contributed by atoms with Gasteiger partial charge in [0.05, 0.1) is 10.9 Å². The fraction of sp³-hybridized carbons (Fsp3) is 0.217. The molecule has 0 amide bonds. The van der Waals surface area contributed by atoms with Crippen LogP contribution in [-0.2, 0) is 7.05 Å². The highest BCUT2D eigenvalue weighted by Crippen LogP contribution is 2.34. The summed E-state index contributed by atoms with van der Waals surface area (Å²) in [4.78, 5) is 4.56. The molecular formula is C23H25N5O2. The molecule has 4 N–H and O–H groups in total. The normalized spacial score (nSPS) is 11.1. The number of fused-ring (bicyclic) bond motifs is 1. The summed E-state index contributed by atoms with van der Waals surface area (Å²) in [5.41, 5.74) is 6.17. The Labute approximate surface area is 175 Å². The number of nitrogens with zero attached hydrogens (tertiary/aromatic N) is 3. The summed E-state index contributed by atoms with van der Waals surface area (Å²) < 4.78 is 1.79. The van der Waals surface area contributed by atoms with Crippen LogP contribution in [0.15, 0.2) is 36.5 Å². The van der Waals surface area contributed by atoms with Crippen LogP contribution in [0.5, 0.6) is 11.5 Å². The van der Waals surface area contributed by atoms with Gasteiger partial charge in [-0.3, -0.25) is 4.68 Å². The van der Waals surface area contributed by atoms with Crippen molar-refractivity contribution >= 4 is 33.9 Å². The predicted molar refractivity (Wildman–Crippen MR) is 120 cm³/mol. The van der Waals surface area contributed by atoms with Crippen molar-refractivity contribution in [3.8, 4) is 11.5 Å². The number of phenolic OH excluding ortho intramolecular Hbond substituents is 2. The van der Waals surface area contributed by atoms with E-state index in [9.17, 15) is 10.2 Å². The van der Waals surface area contributed by atoms with Crippen LogP contribution in [0.2, 0.25) is 0 Å². The highest BCUT2D eigenvalue weighted by Gasteiger charge is 2.15. The average Bonchev–Trinajstić information content (AvgIpc) is 3.03. The molecule has 4 rings (SSSR count). The van der Waals surface area contributed by atoms with Crippen molar-refractivity contribution in [2.75, 3.05) is 10.6 Å². The molecule has 0 atom stereocenters. The summed E-state index contributed by atoms with van der Waals surface area (Å²) in [5.74, 6) is 1.82. The molecule has 0 bridgehead atoms. The third kappa shape index (κ3) is 3.28. The first-order valence-electron chi connectivity index (χ1n) is 9.71. The maximum absolute atomic E-state index is 10.1. The number of pyridine rings is 1. The van der Waals surface area contributed by atoms with Crippen molar-refractivity contribution in [2.24, 2.45) is 7.05 Å². The molecule has 2 aromatic carbocycles. The molecule has 0 saturated carbocycles. The Hall–Kier alpha value is -3.74. The molecule has 0 aliphatic carbocycles. The van der Waals surface area contributed by atoms with E-state index in [1.165, 1.54) is 0 Å². The van der Waals surface area contributed by atoms with E-state index in [0.717, 1.165) is 44.5 Å². The summed E-state index contributed by atoms with van der Waals surface area (Å²) in [5, 5.41) is 32.2. The van der Waals surface area contributed by atoms with Gasteiger partial charge in [-0.15, -0.1) is 0 Å². The minimum absolute atomic E-state index is 0.241. The molecule has 2 heterocycles. The van der Waals surface area contributed by atoms with E-state index in [4.69, 9.17) is 0 Å². The number of aryl methyl sites for hydroxylation is 3. The van der Waals surface area contributed by atoms with Gasteiger partial charge < -0.3 is 20.8 Å². The van der Waals surface area contributed by atoms with Crippen LogP contribution < -0.4 is 10.6 Å². The summed E-state index contributed by atoms with van der Waals surface area (Å²) >= 11 is 0. The first-order valence-corrected chi connectivity index (χ1v) is 9.71. The fourth-order valence-corrected chi connectivity index (χ4v) is 3.62. The minimum atomic E-state index is 0.241. The molecular weight excluding hydrogens is 378 g/mol. The molecule has 2 aromatic heterocycles. The van der Waals surface area contributed by atoms with Gasteiger partial charge in [0.1, 0.15) is 17.3 Å². The van der Waals surface area contributed by atoms with Crippen LogP contribution in [0.4, 0.5) is 23.0 Å². The molecule has 4 aromatic rings. The number of hydrogen-bond acceptors (Lipinski definition) is 6. The van der Waals surface area contributed by atoms with Crippen LogP contribution in [0, 0.1) is 27.7 Å². The van der Waals surface area contributed by atoms with Gasteiger partial charge in [0.25, 0.3) is 0 Å². The largest absolute Gasteiger partial charge is 0.508 e. The van der Waals surface area contributed by atoms with Gasteiger partial charge in [-0.05, 0) is 51.0 Å². The number of aromatic hydroxyl groups is 2. The van der Waals surface area contributed by atoms with Crippen LogP contribution >= 0.6 is 0 Å². The van der Waals surface area contributed by atoms with E-state index >= 15 is 0 Å². The maximum Gasteiger partial charge on any atom is 0.161 e. The van der Waals surface area contributed by atoms with Crippen molar-refractivity contribution in [1.82, 2.24) is 14.8 Å². The van der Waals surface area contributed by atoms with Crippen molar-refractivity contribution in [1.29, 1.82) is 0 Å². The summed E-state index contributed by atoms with van der Waals surface area (Å²) in [6, 6.07) is 9.05. The lowest BCUT2D eigenvalue weighted by molar-refractivity contribution is 0.471. The quantitative estimate of drug-likeness (QED) is 0.379. The molecule has 0 unspecified atom stereocenters. The molecule has 0 fully saturated rings. The Morgan fingerprint density at radius 3 is 2.00 bits per heavy atom. The summed E-state index contributed by atoms with van der Waals surface area (Å²) in [6.45, 7) is 7.71. The zero-order valence-electron chi connectivity index (χ0n) is 17.7. The number of aromatic nitrogens is 3. The Kier molecular flexibility index (Phi) is 4.73. The smallest absolute Gasteiger partial charge is 0.161 e. The van der Waals surface area contributed by atoms with E-state index in [1.807, 2.05) is 52.9 Å². The van der Waals surface area contributed by atoms with Crippen LogP contribution in [0.3, 0.4) is 0 Å². The second kappa shape index (κ2) is 7.26. The molecule has 0 spiro atoms. The highest BCUT2D eigenvalue weighted by molar-refractivity contribution is 5.93. The fourth-order valence-electron chi connectivity index (χ4n) is 3.62. The number of phenols is 2. The maximum atomic E-state index is 10.1. The molecule has 0 aliphatic rings. The number of rotatable bonds is 4. The monoisotopic (exact) mass is 403 g/mol. The zero-order valence-corrected chi connectivity index (χ0v) is 17.7. The van der Waals surface area contributed by atoms with Crippen LogP contribution in [0.1, 0.15) is 22.3 Å². The lowest BCUT2D eigenvalue weighted by Gasteiger charge is -2.14. The lowest BCUT2D eigenvalue weighted by atomic mass is 10.1. The van der Waals surface area contributed by atoms with E-state index in [1.54, 1.807) is 23.0 Å². The molecule has 7 nitrogen and oxygen atoms in total. The van der Waals surface area contributed by atoms with Gasteiger partial charge in [0, 0.05) is 41.8 Å².